The predicted octanol–water partition coefficient (Wildman–Crippen LogP) is 2.29. The lowest BCUT2D eigenvalue weighted by molar-refractivity contribution is -0.138. The monoisotopic (exact) mass is 421 g/mol. The maximum Gasteiger partial charge on any atom is 0.417 e. The van der Waals surface area contributed by atoms with Crippen LogP contribution in [0.5, 0.6) is 0 Å². The number of piperazine rings is 1. The molecular formula is C20H22F3N5O2. The van der Waals surface area contributed by atoms with Gasteiger partial charge in [-0.05, 0) is 12.1 Å². The first-order valence-corrected chi connectivity index (χ1v) is 9.79. The minimum Gasteiger partial charge on any atom is -0.378 e. The summed E-state index contributed by atoms with van der Waals surface area (Å²) < 4.78 is 45.1. The van der Waals surface area contributed by atoms with Crippen LogP contribution in [0.15, 0.2) is 36.5 Å². The van der Waals surface area contributed by atoms with Gasteiger partial charge in [-0.25, -0.2) is 0 Å². The quantitative estimate of drug-likeness (QED) is 0.758. The molecule has 2 aliphatic heterocycles. The number of amides is 1. The fourth-order valence-corrected chi connectivity index (χ4v) is 3.72. The van der Waals surface area contributed by atoms with Crippen molar-refractivity contribution in [2.75, 3.05) is 62.3 Å². The van der Waals surface area contributed by atoms with Crippen LogP contribution in [0.2, 0.25) is 0 Å². The number of hydrogen-bond acceptors (Lipinski definition) is 6. The maximum absolute atomic E-state index is 13.2. The molecule has 1 aromatic heterocycles. The van der Waals surface area contributed by atoms with Crippen molar-refractivity contribution in [3.63, 3.8) is 0 Å². The highest BCUT2D eigenvalue weighted by Crippen LogP contribution is 2.32. The zero-order chi connectivity index (χ0) is 21.1. The van der Waals surface area contributed by atoms with E-state index in [1.165, 1.54) is 23.1 Å². The van der Waals surface area contributed by atoms with Gasteiger partial charge >= 0.3 is 6.18 Å². The van der Waals surface area contributed by atoms with E-state index < -0.39 is 17.6 Å². The number of morpholine rings is 1. The number of rotatable bonds is 3. The Morgan fingerprint density at radius 1 is 0.967 bits per heavy atom. The summed E-state index contributed by atoms with van der Waals surface area (Å²) in [7, 11) is 0. The molecule has 1 aromatic carbocycles. The van der Waals surface area contributed by atoms with Crippen LogP contribution in [-0.2, 0) is 10.9 Å². The minimum absolute atomic E-state index is 0.307. The first kappa shape index (κ1) is 20.4. The first-order valence-electron chi connectivity index (χ1n) is 9.79. The maximum atomic E-state index is 13.2. The number of ether oxygens (including phenoxy) is 1. The molecule has 0 saturated carbocycles. The van der Waals surface area contributed by atoms with Gasteiger partial charge in [-0.3, -0.25) is 4.79 Å². The average molecular weight is 421 g/mol. The summed E-state index contributed by atoms with van der Waals surface area (Å²) >= 11 is 0. The summed E-state index contributed by atoms with van der Waals surface area (Å²) in [4.78, 5) is 18.4. The van der Waals surface area contributed by atoms with Crippen molar-refractivity contribution in [2.24, 2.45) is 0 Å². The average Bonchev–Trinajstić information content (AvgIpc) is 2.79. The Morgan fingerprint density at radius 3 is 2.37 bits per heavy atom. The molecule has 0 spiro atoms. The van der Waals surface area contributed by atoms with Crippen molar-refractivity contribution in [1.29, 1.82) is 0 Å². The van der Waals surface area contributed by atoms with Crippen LogP contribution in [0.25, 0.3) is 0 Å². The summed E-state index contributed by atoms with van der Waals surface area (Å²) in [5, 5.41) is 8.29. The van der Waals surface area contributed by atoms with Gasteiger partial charge in [-0.15, -0.1) is 5.10 Å². The number of nitrogens with zero attached hydrogens (tertiary/aromatic N) is 5. The lowest BCUT2D eigenvalue weighted by Gasteiger charge is -2.36. The molecule has 0 unspecified atom stereocenters. The Balaban J connectivity index is 1.43. The predicted molar refractivity (Wildman–Crippen MR) is 105 cm³/mol. The smallest absolute Gasteiger partial charge is 0.378 e. The molecule has 2 aliphatic rings. The Hall–Kier alpha value is -2.88. The van der Waals surface area contributed by atoms with Gasteiger partial charge < -0.3 is 19.4 Å². The van der Waals surface area contributed by atoms with Gasteiger partial charge in [0, 0.05) is 45.3 Å². The Morgan fingerprint density at radius 2 is 1.67 bits per heavy atom. The lowest BCUT2D eigenvalue weighted by Crippen LogP contribution is -2.49. The van der Waals surface area contributed by atoms with Crippen LogP contribution in [0.4, 0.5) is 24.7 Å². The normalized spacial score (nSPS) is 17.9. The van der Waals surface area contributed by atoms with Gasteiger partial charge in [0.2, 0.25) is 0 Å². The number of alkyl halides is 3. The van der Waals surface area contributed by atoms with Gasteiger partial charge in [-0.1, -0.05) is 12.1 Å². The van der Waals surface area contributed by atoms with E-state index in [0.29, 0.717) is 39.4 Å². The first-order chi connectivity index (χ1) is 14.4. The van der Waals surface area contributed by atoms with E-state index in [4.69, 9.17) is 4.74 Å². The van der Waals surface area contributed by atoms with E-state index in [1.54, 1.807) is 6.20 Å². The molecule has 0 radical (unpaired) electrons. The van der Waals surface area contributed by atoms with Crippen LogP contribution in [0.3, 0.4) is 0 Å². The highest BCUT2D eigenvalue weighted by molar-refractivity contribution is 5.96. The third-order valence-corrected chi connectivity index (χ3v) is 5.36. The highest BCUT2D eigenvalue weighted by atomic mass is 19.4. The number of hydrogen-bond donors (Lipinski definition) is 0. The number of carbonyl (C=O) groups is 1. The molecule has 2 saturated heterocycles. The summed E-state index contributed by atoms with van der Waals surface area (Å²) in [5.74, 6) is 0.179. The molecule has 160 valence electrons. The van der Waals surface area contributed by atoms with Gasteiger partial charge in [0.15, 0.2) is 5.82 Å². The molecule has 0 atom stereocenters. The largest absolute Gasteiger partial charge is 0.417 e. The van der Waals surface area contributed by atoms with Crippen LogP contribution in [0, 0.1) is 0 Å². The number of benzene rings is 1. The topological polar surface area (TPSA) is 61.8 Å². The molecule has 3 heterocycles. The van der Waals surface area contributed by atoms with E-state index in [-0.39, 0.29) is 5.56 Å². The molecule has 0 aliphatic carbocycles. The van der Waals surface area contributed by atoms with Crippen molar-refractivity contribution in [1.82, 2.24) is 15.1 Å². The van der Waals surface area contributed by atoms with E-state index in [0.717, 1.165) is 30.7 Å². The number of carbonyl (C=O) groups excluding carboxylic acids is 1. The molecule has 0 N–H and O–H groups in total. The molecule has 30 heavy (non-hydrogen) atoms. The fraction of sp³-hybridized carbons (Fsp3) is 0.450. The third-order valence-electron chi connectivity index (χ3n) is 5.36. The van der Waals surface area contributed by atoms with Crippen LogP contribution < -0.4 is 9.80 Å². The van der Waals surface area contributed by atoms with E-state index in [1.807, 2.05) is 6.07 Å². The van der Waals surface area contributed by atoms with Crippen molar-refractivity contribution < 1.29 is 22.7 Å². The standard InChI is InChI=1S/C20H22F3N5O2/c21-20(22,23)17-4-2-1-3-16(17)19(29)28-7-5-26(6-8-28)15-13-18(25-24-14-15)27-9-11-30-12-10-27/h1-4,13-14H,5-12H2. The minimum atomic E-state index is -4.56. The highest BCUT2D eigenvalue weighted by Gasteiger charge is 2.36. The van der Waals surface area contributed by atoms with Crippen molar-refractivity contribution >= 4 is 17.4 Å². The molecule has 2 fully saturated rings. The Bertz CT molecular complexity index is 894. The second kappa shape index (κ2) is 8.47. The molecule has 7 nitrogen and oxygen atoms in total. The third kappa shape index (κ3) is 4.33. The SMILES string of the molecule is O=C(c1ccccc1C(F)(F)F)N1CCN(c2cnnc(N3CCOCC3)c2)CC1. The van der Waals surface area contributed by atoms with E-state index in [9.17, 15) is 18.0 Å². The fourth-order valence-electron chi connectivity index (χ4n) is 3.72. The van der Waals surface area contributed by atoms with Gasteiger partial charge in [0.05, 0.1) is 36.2 Å². The molecular weight excluding hydrogens is 399 g/mol. The molecule has 2 aromatic rings. The van der Waals surface area contributed by atoms with Crippen LogP contribution in [-0.4, -0.2) is 73.5 Å². The van der Waals surface area contributed by atoms with Crippen molar-refractivity contribution in [2.45, 2.75) is 6.18 Å². The van der Waals surface area contributed by atoms with Gasteiger partial charge in [0.1, 0.15) is 0 Å². The summed E-state index contributed by atoms with van der Waals surface area (Å²) in [6.45, 7) is 4.47. The van der Waals surface area contributed by atoms with Crippen LogP contribution >= 0.6 is 0 Å². The zero-order valence-corrected chi connectivity index (χ0v) is 16.3. The molecule has 10 heteroatoms. The van der Waals surface area contributed by atoms with Crippen molar-refractivity contribution in [3.05, 3.63) is 47.7 Å². The number of aromatic nitrogens is 2. The number of anilines is 2. The van der Waals surface area contributed by atoms with E-state index in [2.05, 4.69) is 20.0 Å². The second-order valence-electron chi connectivity index (χ2n) is 7.19. The molecule has 1 amide bonds. The van der Waals surface area contributed by atoms with E-state index >= 15 is 0 Å². The summed E-state index contributed by atoms with van der Waals surface area (Å²) in [6.07, 6.45) is -2.90. The van der Waals surface area contributed by atoms with Gasteiger partial charge in [-0.2, -0.15) is 18.3 Å². The van der Waals surface area contributed by atoms with Gasteiger partial charge in [0.25, 0.3) is 5.91 Å². The summed E-state index contributed by atoms with van der Waals surface area (Å²) in [6, 6.07) is 6.88. The lowest BCUT2D eigenvalue weighted by atomic mass is 10.1. The zero-order valence-electron chi connectivity index (χ0n) is 16.3. The number of halogens is 3. The van der Waals surface area contributed by atoms with Crippen LogP contribution in [0.1, 0.15) is 15.9 Å². The van der Waals surface area contributed by atoms with Crippen molar-refractivity contribution in [3.8, 4) is 0 Å². The Labute approximate surface area is 172 Å². The Kier molecular flexibility index (Phi) is 5.76. The molecule has 0 bridgehead atoms. The second-order valence-corrected chi connectivity index (χ2v) is 7.19. The summed E-state index contributed by atoms with van der Waals surface area (Å²) in [5.41, 5.74) is -0.321. The molecule has 4 rings (SSSR count).